The van der Waals surface area contributed by atoms with Crippen LogP contribution in [0.15, 0.2) is 64.6 Å². The van der Waals surface area contributed by atoms with E-state index in [-0.39, 0.29) is 0 Å². The van der Waals surface area contributed by atoms with Crippen LogP contribution in [0.4, 0.5) is 5.69 Å². The second-order valence-corrected chi connectivity index (χ2v) is 6.52. The molecule has 1 unspecified atom stereocenters. The predicted octanol–water partition coefficient (Wildman–Crippen LogP) is 4.52. The van der Waals surface area contributed by atoms with Crippen LogP contribution in [0.5, 0.6) is 0 Å². The number of benzene rings is 1. The highest BCUT2D eigenvalue weighted by atomic mass is 32.2. The highest BCUT2D eigenvalue weighted by Gasteiger charge is 2.26. The lowest BCUT2D eigenvalue weighted by atomic mass is 10.2. The molecule has 1 aliphatic rings. The molecule has 0 aromatic heterocycles. The van der Waals surface area contributed by atoms with Crippen molar-refractivity contribution in [3.63, 3.8) is 0 Å². The minimum absolute atomic E-state index is 0.473. The fourth-order valence-corrected chi connectivity index (χ4v) is 3.51. The van der Waals surface area contributed by atoms with Crippen LogP contribution < -0.4 is 4.90 Å². The third-order valence-corrected chi connectivity index (χ3v) is 4.92. The monoisotopic (exact) mass is 300 g/mol. The third-order valence-electron chi connectivity index (χ3n) is 3.79. The standard InChI is InChI=1S/C18H24N2S/c1-6-10-17-15(7-2)20(13-14(3)19(4)5)16-11-8-9-12-18(16)21-17/h6-12,14H,1,13H2,2-5H3/b15-7+,17-10+. The second-order valence-electron chi connectivity index (χ2n) is 5.43. The van der Waals surface area contributed by atoms with Crippen LogP contribution in [-0.4, -0.2) is 31.6 Å². The first kappa shape index (κ1) is 15.9. The summed E-state index contributed by atoms with van der Waals surface area (Å²) in [6, 6.07) is 9.09. The van der Waals surface area contributed by atoms with E-state index in [1.807, 2.05) is 17.8 Å². The van der Waals surface area contributed by atoms with Gasteiger partial charge in [0.15, 0.2) is 0 Å². The summed E-state index contributed by atoms with van der Waals surface area (Å²) in [6.45, 7) is 9.18. The fourth-order valence-electron chi connectivity index (χ4n) is 2.35. The number of thioether (sulfide) groups is 1. The molecule has 0 saturated carbocycles. The third kappa shape index (κ3) is 3.42. The number of rotatable bonds is 4. The maximum atomic E-state index is 3.85. The van der Waals surface area contributed by atoms with Crippen molar-refractivity contribution in [2.75, 3.05) is 25.5 Å². The number of fused-ring (bicyclic) bond motifs is 1. The summed E-state index contributed by atoms with van der Waals surface area (Å²) in [7, 11) is 4.26. The smallest absolute Gasteiger partial charge is 0.0553 e. The molecule has 2 rings (SSSR count). The molecule has 2 nitrogen and oxygen atoms in total. The van der Waals surface area contributed by atoms with E-state index in [2.05, 4.69) is 80.7 Å². The first-order valence-electron chi connectivity index (χ1n) is 7.28. The van der Waals surface area contributed by atoms with Gasteiger partial charge < -0.3 is 9.80 Å². The Kier molecular flexibility index (Phi) is 5.32. The van der Waals surface area contributed by atoms with Crippen molar-refractivity contribution in [1.29, 1.82) is 0 Å². The Bertz CT molecular complexity index is 572. The minimum atomic E-state index is 0.473. The number of nitrogens with zero attached hydrogens (tertiary/aromatic N) is 2. The Balaban J connectivity index is 2.46. The van der Waals surface area contributed by atoms with Crippen molar-refractivity contribution in [3.05, 3.63) is 59.7 Å². The number of hydrogen-bond acceptors (Lipinski definition) is 3. The molecule has 1 atom stereocenters. The van der Waals surface area contributed by atoms with Crippen molar-refractivity contribution < 1.29 is 0 Å². The summed E-state index contributed by atoms with van der Waals surface area (Å²) in [5.74, 6) is 0. The zero-order chi connectivity index (χ0) is 15.4. The second kappa shape index (κ2) is 7.01. The van der Waals surface area contributed by atoms with E-state index in [0.29, 0.717) is 6.04 Å². The molecule has 0 spiro atoms. The van der Waals surface area contributed by atoms with Crippen molar-refractivity contribution in [3.8, 4) is 0 Å². The lowest BCUT2D eigenvalue weighted by molar-refractivity contribution is 0.318. The molecule has 21 heavy (non-hydrogen) atoms. The van der Waals surface area contributed by atoms with Gasteiger partial charge in [-0.05, 0) is 46.2 Å². The molecule has 0 amide bonds. The number of hydrogen-bond donors (Lipinski definition) is 0. The summed E-state index contributed by atoms with van der Waals surface area (Å²) in [5, 5.41) is 0. The lowest BCUT2D eigenvalue weighted by Gasteiger charge is -2.37. The quantitative estimate of drug-likeness (QED) is 0.807. The minimum Gasteiger partial charge on any atom is -0.338 e. The number of allylic oxidation sites excluding steroid dienone is 3. The Labute approximate surface area is 132 Å². The molecule has 1 heterocycles. The molecule has 112 valence electrons. The molecule has 0 saturated heterocycles. The molecule has 0 fully saturated rings. The van der Waals surface area contributed by atoms with E-state index in [9.17, 15) is 0 Å². The van der Waals surface area contributed by atoms with Gasteiger partial charge in [-0.2, -0.15) is 0 Å². The molecule has 1 aliphatic heterocycles. The van der Waals surface area contributed by atoms with E-state index in [1.165, 1.54) is 21.2 Å². The van der Waals surface area contributed by atoms with Gasteiger partial charge in [0.2, 0.25) is 0 Å². The molecule has 1 aromatic rings. The first-order valence-corrected chi connectivity index (χ1v) is 8.10. The average molecular weight is 300 g/mol. The number of anilines is 1. The maximum absolute atomic E-state index is 3.85. The topological polar surface area (TPSA) is 6.48 Å². The molecular weight excluding hydrogens is 276 g/mol. The number of likely N-dealkylation sites (N-methyl/N-ethyl adjacent to an activating group) is 1. The van der Waals surface area contributed by atoms with Gasteiger partial charge in [0, 0.05) is 22.4 Å². The van der Waals surface area contributed by atoms with Crippen LogP contribution in [0.3, 0.4) is 0 Å². The molecule has 0 N–H and O–H groups in total. The van der Waals surface area contributed by atoms with Gasteiger partial charge in [-0.1, -0.05) is 42.6 Å². The Morgan fingerprint density at radius 1 is 1.33 bits per heavy atom. The summed E-state index contributed by atoms with van der Waals surface area (Å²) in [6.07, 6.45) is 6.16. The highest BCUT2D eigenvalue weighted by molar-refractivity contribution is 8.03. The van der Waals surface area contributed by atoms with Crippen LogP contribution in [0.2, 0.25) is 0 Å². The van der Waals surface area contributed by atoms with Gasteiger partial charge in [-0.25, -0.2) is 0 Å². The lowest BCUT2D eigenvalue weighted by Crippen LogP contribution is -2.39. The van der Waals surface area contributed by atoms with Crippen LogP contribution >= 0.6 is 11.8 Å². The van der Waals surface area contributed by atoms with Crippen molar-refractivity contribution >= 4 is 17.4 Å². The number of para-hydroxylation sites is 1. The van der Waals surface area contributed by atoms with Crippen molar-refractivity contribution in [2.45, 2.75) is 24.8 Å². The van der Waals surface area contributed by atoms with Gasteiger partial charge in [-0.3, -0.25) is 0 Å². The van der Waals surface area contributed by atoms with E-state index in [4.69, 9.17) is 0 Å². The zero-order valence-corrected chi connectivity index (χ0v) is 14.2. The molecule has 0 bridgehead atoms. The largest absolute Gasteiger partial charge is 0.338 e. The van der Waals surface area contributed by atoms with Gasteiger partial charge >= 0.3 is 0 Å². The molecule has 1 aromatic carbocycles. The van der Waals surface area contributed by atoms with E-state index < -0.39 is 0 Å². The van der Waals surface area contributed by atoms with Crippen LogP contribution in [0.1, 0.15) is 13.8 Å². The highest BCUT2D eigenvalue weighted by Crippen LogP contribution is 2.45. The van der Waals surface area contributed by atoms with Crippen LogP contribution in [0.25, 0.3) is 0 Å². The maximum Gasteiger partial charge on any atom is 0.0553 e. The summed E-state index contributed by atoms with van der Waals surface area (Å²) < 4.78 is 0. The average Bonchev–Trinajstić information content (AvgIpc) is 2.47. The van der Waals surface area contributed by atoms with Gasteiger partial charge in [0.05, 0.1) is 11.4 Å². The summed E-state index contributed by atoms with van der Waals surface area (Å²) in [4.78, 5) is 7.25. The SMILES string of the molecule is C=C/C=C1/Sc2ccccc2N(CC(C)N(C)C)/C1=C/C. The van der Waals surface area contributed by atoms with Crippen LogP contribution in [-0.2, 0) is 0 Å². The molecule has 0 radical (unpaired) electrons. The first-order chi connectivity index (χ1) is 10.1. The summed E-state index contributed by atoms with van der Waals surface area (Å²) >= 11 is 1.82. The van der Waals surface area contributed by atoms with E-state index >= 15 is 0 Å². The molecule has 3 heteroatoms. The van der Waals surface area contributed by atoms with Gasteiger partial charge in [0.1, 0.15) is 0 Å². The van der Waals surface area contributed by atoms with Crippen LogP contribution in [0, 0.1) is 0 Å². The fraction of sp³-hybridized carbons (Fsp3) is 0.333. The Morgan fingerprint density at radius 2 is 2.05 bits per heavy atom. The van der Waals surface area contributed by atoms with Gasteiger partial charge in [-0.15, -0.1) is 0 Å². The normalized spacial score (nSPS) is 20.0. The van der Waals surface area contributed by atoms with E-state index in [0.717, 1.165) is 6.54 Å². The van der Waals surface area contributed by atoms with Crippen molar-refractivity contribution in [2.24, 2.45) is 0 Å². The van der Waals surface area contributed by atoms with E-state index in [1.54, 1.807) is 0 Å². The summed E-state index contributed by atoms with van der Waals surface area (Å²) in [5.41, 5.74) is 2.57. The van der Waals surface area contributed by atoms with Crippen molar-refractivity contribution in [1.82, 2.24) is 4.90 Å². The Morgan fingerprint density at radius 3 is 2.67 bits per heavy atom. The van der Waals surface area contributed by atoms with Gasteiger partial charge in [0.25, 0.3) is 0 Å². The Hall–Kier alpha value is -1.45. The molecule has 0 aliphatic carbocycles. The zero-order valence-electron chi connectivity index (χ0n) is 13.3. The predicted molar refractivity (Wildman–Crippen MR) is 94.8 cm³/mol. The molecular formula is C18H24N2S.